The lowest BCUT2D eigenvalue weighted by molar-refractivity contribution is -0.132. The van der Waals surface area contributed by atoms with E-state index in [1.165, 1.54) is 19.2 Å². The average Bonchev–Trinajstić information content (AvgIpc) is 3.03. The van der Waals surface area contributed by atoms with E-state index in [1.54, 1.807) is 15.9 Å². The molecule has 6 heteroatoms. The third kappa shape index (κ3) is 3.03. The number of carbonyl (C=O) groups excluding carboxylic acids is 1. The van der Waals surface area contributed by atoms with Gasteiger partial charge < -0.3 is 10.6 Å². The van der Waals surface area contributed by atoms with Crippen molar-refractivity contribution >= 4 is 5.91 Å². The van der Waals surface area contributed by atoms with Gasteiger partial charge >= 0.3 is 0 Å². The SMILES string of the molecule is CN(C(=O)CCn1cncn1)C(CN)C1CC1. The molecule has 0 bridgehead atoms. The highest BCUT2D eigenvalue weighted by Crippen LogP contribution is 2.34. The molecular weight excluding hydrogens is 218 g/mol. The van der Waals surface area contributed by atoms with E-state index in [2.05, 4.69) is 10.1 Å². The van der Waals surface area contributed by atoms with E-state index in [0.29, 0.717) is 25.4 Å². The summed E-state index contributed by atoms with van der Waals surface area (Å²) in [4.78, 5) is 17.6. The van der Waals surface area contributed by atoms with E-state index in [9.17, 15) is 4.79 Å². The Labute approximate surface area is 101 Å². The zero-order valence-electron chi connectivity index (χ0n) is 10.1. The van der Waals surface area contributed by atoms with E-state index in [1.807, 2.05) is 7.05 Å². The summed E-state index contributed by atoms with van der Waals surface area (Å²) in [5.74, 6) is 0.739. The molecule has 6 nitrogen and oxygen atoms in total. The van der Waals surface area contributed by atoms with Gasteiger partial charge in [0, 0.05) is 26.1 Å². The highest BCUT2D eigenvalue weighted by molar-refractivity contribution is 5.76. The first-order chi connectivity index (χ1) is 8.22. The number of aryl methyl sites for hydroxylation is 1. The normalized spacial score (nSPS) is 16.8. The summed E-state index contributed by atoms with van der Waals surface area (Å²) in [5.41, 5.74) is 5.72. The highest BCUT2D eigenvalue weighted by atomic mass is 16.2. The van der Waals surface area contributed by atoms with Crippen LogP contribution in [0.15, 0.2) is 12.7 Å². The van der Waals surface area contributed by atoms with Gasteiger partial charge in [-0.25, -0.2) is 4.98 Å². The Morgan fingerprint density at radius 1 is 1.65 bits per heavy atom. The van der Waals surface area contributed by atoms with E-state index in [-0.39, 0.29) is 11.9 Å². The molecule has 17 heavy (non-hydrogen) atoms. The smallest absolute Gasteiger partial charge is 0.224 e. The number of likely N-dealkylation sites (N-methyl/N-ethyl adjacent to an activating group) is 1. The average molecular weight is 237 g/mol. The molecule has 1 fully saturated rings. The summed E-state index contributed by atoms with van der Waals surface area (Å²) in [5, 5.41) is 3.97. The van der Waals surface area contributed by atoms with Crippen LogP contribution in [0.2, 0.25) is 0 Å². The number of nitrogens with two attached hydrogens (primary N) is 1. The van der Waals surface area contributed by atoms with Crippen molar-refractivity contribution in [1.82, 2.24) is 19.7 Å². The second-order valence-corrected chi connectivity index (χ2v) is 4.55. The Kier molecular flexibility index (Phi) is 3.73. The van der Waals surface area contributed by atoms with Gasteiger partial charge in [-0.3, -0.25) is 9.48 Å². The zero-order valence-corrected chi connectivity index (χ0v) is 10.1. The minimum absolute atomic E-state index is 0.128. The van der Waals surface area contributed by atoms with Gasteiger partial charge in [0.2, 0.25) is 5.91 Å². The summed E-state index contributed by atoms with van der Waals surface area (Å²) < 4.78 is 1.67. The summed E-state index contributed by atoms with van der Waals surface area (Å²) in [6, 6.07) is 0.207. The van der Waals surface area contributed by atoms with Gasteiger partial charge in [-0.15, -0.1) is 0 Å². The molecule has 1 heterocycles. The fourth-order valence-electron chi connectivity index (χ4n) is 2.07. The van der Waals surface area contributed by atoms with Crippen LogP contribution in [0.4, 0.5) is 0 Å². The topological polar surface area (TPSA) is 77.0 Å². The van der Waals surface area contributed by atoms with E-state index in [0.717, 1.165) is 0 Å². The van der Waals surface area contributed by atoms with Crippen LogP contribution >= 0.6 is 0 Å². The Bertz CT molecular complexity index is 360. The van der Waals surface area contributed by atoms with E-state index >= 15 is 0 Å². The summed E-state index contributed by atoms with van der Waals surface area (Å²) in [6.07, 6.45) is 5.93. The molecule has 1 aromatic rings. The van der Waals surface area contributed by atoms with Crippen LogP contribution < -0.4 is 5.73 Å². The Balaban J connectivity index is 1.81. The lowest BCUT2D eigenvalue weighted by Crippen LogP contribution is -2.43. The molecular formula is C11H19N5O. The Morgan fingerprint density at radius 2 is 2.41 bits per heavy atom. The molecule has 1 atom stereocenters. The third-order valence-electron chi connectivity index (χ3n) is 3.32. The zero-order chi connectivity index (χ0) is 12.3. The summed E-state index contributed by atoms with van der Waals surface area (Å²) in [7, 11) is 1.85. The van der Waals surface area contributed by atoms with E-state index in [4.69, 9.17) is 5.73 Å². The predicted octanol–water partition coefficient (Wildman–Crippen LogP) is -0.136. The van der Waals surface area contributed by atoms with Crippen LogP contribution in [0, 0.1) is 5.92 Å². The molecule has 0 saturated heterocycles. The van der Waals surface area contributed by atoms with Crippen molar-refractivity contribution in [2.45, 2.75) is 31.8 Å². The lowest BCUT2D eigenvalue weighted by atomic mass is 10.1. The van der Waals surface area contributed by atoms with Gasteiger partial charge in [0.15, 0.2) is 0 Å². The highest BCUT2D eigenvalue weighted by Gasteiger charge is 2.34. The predicted molar refractivity (Wildman–Crippen MR) is 63.0 cm³/mol. The number of hydrogen-bond donors (Lipinski definition) is 1. The Morgan fingerprint density at radius 3 is 2.94 bits per heavy atom. The molecule has 0 aliphatic heterocycles. The van der Waals surface area contributed by atoms with Crippen LogP contribution in [0.25, 0.3) is 0 Å². The number of rotatable bonds is 6. The number of aromatic nitrogens is 3. The van der Waals surface area contributed by atoms with Crippen molar-refractivity contribution in [1.29, 1.82) is 0 Å². The van der Waals surface area contributed by atoms with Crippen LogP contribution in [-0.4, -0.2) is 45.2 Å². The molecule has 1 aliphatic rings. The minimum atomic E-state index is 0.128. The first kappa shape index (κ1) is 12.0. The van der Waals surface area contributed by atoms with Crippen molar-refractivity contribution in [3.63, 3.8) is 0 Å². The maximum atomic E-state index is 12.0. The minimum Gasteiger partial charge on any atom is -0.341 e. The van der Waals surface area contributed by atoms with Crippen LogP contribution in [-0.2, 0) is 11.3 Å². The summed E-state index contributed by atoms with van der Waals surface area (Å²) in [6.45, 7) is 1.13. The fraction of sp³-hybridized carbons (Fsp3) is 0.727. The maximum absolute atomic E-state index is 12.0. The van der Waals surface area contributed by atoms with Gasteiger partial charge in [-0.05, 0) is 18.8 Å². The quantitative estimate of drug-likeness (QED) is 0.747. The van der Waals surface area contributed by atoms with E-state index < -0.39 is 0 Å². The number of amides is 1. The molecule has 0 radical (unpaired) electrons. The summed E-state index contributed by atoms with van der Waals surface area (Å²) >= 11 is 0. The molecule has 1 amide bonds. The van der Waals surface area contributed by atoms with Gasteiger partial charge in [0.25, 0.3) is 0 Å². The molecule has 94 valence electrons. The molecule has 1 aliphatic carbocycles. The van der Waals surface area contributed by atoms with Crippen molar-refractivity contribution in [2.24, 2.45) is 11.7 Å². The fourth-order valence-corrected chi connectivity index (χ4v) is 2.07. The molecule has 1 unspecified atom stereocenters. The first-order valence-corrected chi connectivity index (χ1v) is 6.00. The Hall–Kier alpha value is -1.43. The van der Waals surface area contributed by atoms with Gasteiger partial charge in [0.1, 0.15) is 12.7 Å². The second kappa shape index (κ2) is 5.27. The molecule has 2 rings (SSSR count). The van der Waals surface area contributed by atoms with Gasteiger partial charge in [0.05, 0.1) is 6.54 Å². The maximum Gasteiger partial charge on any atom is 0.224 e. The first-order valence-electron chi connectivity index (χ1n) is 6.00. The van der Waals surface area contributed by atoms with Gasteiger partial charge in [-0.1, -0.05) is 0 Å². The molecule has 2 N–H and O–H groups in total. The second-order valence-electron chi connectivity index (χ2n) is 4.55. The van der Waals surface area contributed by atoms with Gasteiger partial charge in [-0.2, -0.15) is 5.10 Å². The number of nitrogens with zero attached hydrogens (tertiary/aromatic N) is 4. The van der Waals surface area contributed by atoms with Crippen molar-refractivity contribution in [3.8, 4) is 0 Å². The lowest BCUT2D eigenvalue weighted by Gasteiger charge is -2.27. The van der Waals surface area contributed by atoms with Crippen LogP contribution in [0.1, 0.15) is 19.3 Å². The van der Waals surface area contributed by atoms with Crippen molar-refractivity contribution in [2.75, 3.05) is 13.6 Å². The molecule has 1 aromatic heterocycles. The molecule has 1 saturated carbocycles. The van der Waals surface area contributed by atoms with Crippen molar-refractivity contribution < 1.29 is 4.79 Å². The monoisotopic (exact) mass is 237 g/mol. The van der Waals surface area contributed by atoms with Crippen molar-refractivity contribution in [3.05, 3.63) is 12.7 Å². The number of hydrogen-bond acceptors (Lipinski definition) is 4. The molecule has 0 spiro atoms. The third-order valence-corrected chi connectivity index (χ3v) is 3.32. The number of carbonyl (C=O) groups is 1. The largest absolute Gasteiger partial charge is 0.341 e. The standard InChI is InChI=1S/C11H19N5O/c1-15(10(6-12)9-2-3-9)11(17)4-5-16-8-13-7-14-16/h7-10H,2-6,12H2,1H3. The van der Waals surface area contributed by atoms with Crippen LogP contribution in [0.5, 0.6) is 0 Å². The molecule has 0 aromatic carbocycles. The van der Waals surface area contributed by atoms with Crippen LogP contribution in [0.3, 0.4) is 0 Å².